The number of nitrogens with two attached hydrogens (primary N) is 2. The van der Waals surface area contributed by atoms with Crippen LogP contribution in [0.15, 0.2) is 21.7 Å². The molecule has 0 aromatic carbocycles. The Balaban J connectivity index is 0.00000200. The Bertz CT molecular complexity index is 486. The standard InChI is InChI=1S/C13H20N4O2.HI/c1-9-3-2-4-17(7-9)13(15)16-6-11-5-10(8-19-11)12(14)18;/h5,8-9H,2-4,6-7H2,1H3,(H2,14,18)(H2,15,16);1H. The van der Waals surface area contributed by atoms with Crippen molar-refractivity contribution in [2.75, 3.05) is 13.1 Å². The number of aliphatic imine (C=N–C) groups is 1. The van der Waals surface area contributed by atoms with Gasteiger partial charge in [0.15, 0.2) is 5.96 Å². The van der Waals surface area contributed by atoms with Crippen LogP contribution in [0, 0.1) is 5.92 Å². The molecule has 1 aromatic heterocycles. The number of nitrogens with zero attached hydrogens (tertiary/aromatic N) is 2. The number of likely N-dealkylation sites (tertiary alicyclic amines) is 1. The first-order valence-electron chi connectivity index (χ1n) is 6.48. The summed E-state index contributed by atoms with van der Waals surface area (Å²) in [5.41, 5.74) is 11.5. The summed E-state index contributed by atoms with van der Waals surface area (Å²) in [6.07, 6.45) is 3.72. The third-order valence-corrected chi connectivity index (χ3v) is 3.32. The van der Waals surface area contributed by atoms with Gasteiger partial charge in [-0.05, 0) is 24.8 Å². The number of amides is 1. The number of hydrogen-bond acceptors (Lipinski definition) is 3. The quantitative estimate of drug-likeness (QED) is 0.463. The summed E-state index contributed by atoms with van der Waals surface area (Å²) in [5.74, 6) is 1.26. The van der Waals surface area contributed by atoms with E-state index in [9.17, 15) is 4.79 Å². The molecule has 2 rings (SSSR count). The summed E-state index contributed by atoms with van der Waals surface area (Å²) >= 11 is 0. The van der Waals surface area contributed by atoms with Crippen molar-refractivity contribution in [1.82, 2.24) is 4.90 Å². The van der Waals surface area contributed by atoms with Crippen LogP contribution in [-0.4, -0.2) is 29.9 Å². The molecule has 0 bridgehead atoms. The Kier molecular flexibility index (Phi) is 6.31. The van der Waals surface area contributed by atoms with Crippen LogP contribution in [0.1, 0.15) is 35.9 Å². The summed E-state index contributed by atoms with van der Waals surface area (Å²) in [6, 6.07) is 1.60. The second-order valence-corrected chi connectivity index (χ2v) is 5.03. The fourth-order valence-corrected chi connectivity index (χ4v) is 2.25. The first-order chi connectivity index (χ1) is 9.06. The first kappa shape index (κ1) is 16.8. The summed E-state index contributed by atoms with van der Waals surface area (Å²) in [4.78, 5) is 17.3. The van der Waals surface area contributed by atoms with Crippen LogP contribution in [-0.2, 0) is 6.54 Å². The van der Waals surface area contributed by atoms with Crippen molar-refractivity contribution in [3.8, 4) is 0 Å². The number of guanidine groups is 1. The highest BCUT2D eigenvalue weighted by molar-refractivity contribution is 14.0. The molecule has 0 aliphatic carbocycles. The minimum absolute atomic E-state index is 0. The highest BCUT2D eigenvalue weighted by atomic mass is 127. The smallest absolute Gasteiger partial charge is 0.251 e. The van der Waals surface area contributed by atoms with Crippen LogP contribution in [0.5, 0.6) is 0 Å². The zero-order valence-electron chi connectivity index (χ0n) is 11.5. The molecule has 7 heteroatoms. The molecular formula is C13H21IN4O2. The van der Waals surface area contributed by atoms with Gasteiger partial charge in [-0.15, -0.1) is 24.0 Å². The number of hydrogen-bond donors (Lipinski definition) is 2. The number of halogens is 1. The van der Waals surface area contributed by atoms with Crippen LogP contribution >= 0.6 is 24.0 Å². The largest absolute Gasteiger partial charge is 0.467 e. The van der Waals surface area contributed by atoms with Crippen LogP contribution in [0.3, 0.4) is 0 Å². The Morgan fingerprint density at radius 2 is 2.30 bits per heavy atom. The van der Waals surface area contributed by atoms with Crippen molar-refractivity contribution in [2.45, 2.75) is 26.3 Å². The van der Waals surface area contributed by atoms with Gasteiger partial charge in [0.2, 0.25) is 0 Å². The average molecular weight is 392 g/mol. The van der Waals surface area contributed by atoms with Crippen LogP contribution in [0.2, 0.25) is 0 Å². The van der Waals surface area contributed by atoms with E-state index in [4.69, 9.17) is 15.9 Å². The summed E-state index contributed by atoms with van der Waals surface area (Å²) in [5, 5.41) is 0. The van der Waals surface area contributed by atoms with Crippen molar-refractivity contribution in [2.24, 2.45) is 22.4 Å². The van der Waals surface area contributed by atoms with E-state index < -0.39 is 5.91 Å². The highest BCUT2D eigenvalue weighted by Gasteiger charge is 2.17. The Hall–Kier alpha value is -1.25. The molecule has 1 fully saturated rings. The van der Waals surface area contributed by atoms with E-state index in [-0.39, 0.29) is 24.0 Å². The Morgan fingerprint density at radius 3 is 2.90 bits per heavy atom. The lowest BCUT2D eigenvalue weighted by Crippen LogP contribution is -2.43. The molecule has 4 N–H and O–H groups in total. The molecule has 0 radical (unpaired) electrons. The molecule has 0 saturated carbocycles. The molecule has 1 saturated heterocycles. The van der Waals surface area contributed by atoms with Crippen molar-refractivity contribution in [3.05, 3.63) is 23.7 Å². The Morgan fingerprint density at radius 1 is 1.55 bits per heavy atom. The predicted molar refractivity (Wildman–Crippen MR) is 87.9 cm³/mol. The molecule has 1 aromatic rings. The number of piperidine rings is 1. The van der Waals surface area contributed by atoms with E-state index in [1.54, 1.807) is 6.07 Å². The van der Waals surface area contributed by atoms with Gasteiger partial charge in [0, 0.05) is 13.1 Å². The molecule has 1 unspecified atom stereocenters. The zero-order valence-corrected chi connectivity index (χ0v) is 13.9. The molecule has 2 heterocycles. The van der Waals surface area contributed by atoms with E-state index in [2.05, 4.69) is 16.8 Å². The van der Waals surface area contributed by atoms with Crippen molar-refractivity contribution in [1.29, 1.82) is 0 Å². The van der Waals surface area contributed by atoms with Gasteiger partial charge in [0.1, 0.15) is 18.6 Å². The number of furan rings is 1. The fraction of sp³-hybridized carbons (Fsp3) is 0.538. The minimum atomic E-state index is -0.503. The van der Waals surface area contributed by atoms with Gasteiger partial charge in [0.25, 0.3) is 5.91 Å². The van der Waals surface area contributed by atoms with Crippen LogP contribution < -0.4 is 11.5 Å². The van der Waals surface area contributed by atoms with E-state index in [0.29, 0.717) is 29.7 Å². The summed E-state index contributed by atoms with van der Waals surface area (Å²) < 4.78 is 5.20. The van der Waals surface area contributed by atoms with Gasteiger partial charge < -0.3 is 20.8 Å². The molecule has 112 valence electrons. The van der Waals surface area contributed by atoms with Gasteiger partial charge in [-0.3, -0.25) is 4.79 Å². The first-order valence-corrected chi connectivity index (χ1v) is 6.48. The van der Waals surface area contributed by atoms with Crippen LogP contribution in [0.4, 0.5) is 0 Å². The molecular weight excluding hydrogens is 371 g/mol. The maximum absolute atomic E-state index is 10.9. The second-order valence-electron chi connectivity index (χ2n) is 5.03. The van der Waals surface area contributed by atoms with E-state index in [1.165, 1.54) is 12.7 Å². The zero-order chi connectivity index (χ0) is 13.8. The molecule has 0 spiro atoms. The number of rotatable bonds is 3. The Labute approximate surface area is 135 Å². The predicted octanol–water partition coefficient (Wildman–Crippen LogP) is 1.54. The SMILES string of the molecule is CC1CCCN(C(N)=NCc2cc(C(N)=O)co2)C1.I. The lowest BCUT2D eigenvalue weighted by Gasteiger charge is -2.31. The fourth-order valence-electron chi connectivity index (χ4n) is 2.25. The maximum atomic E-state index is 10.9. The van der Waals surface area contributed by atoms with E-state index in [0.717, 1.165) is 19.5 Å². The monoisotopic (exact) mass is 392 g/mol. The highest BCUT2D eigenvalue weighted by Crippen LogP contribution is 2.15. The third kappa shape index (κ3) is 4.39. The van der Waals surface area contributed by atoms with Gasteiger partial charge in [-0.25, -0.2) is 4.99 Å². The van der Waals surface area contributed by atoms with Crippen molar-refractivity contribution in [3.63, 3.8) is 0 Å². The van der Waals surface area contributed by atoms with Gasteiger partial charge >= 0.3 is 0 Å². The normalized spacial score (nSPS) is 19.6. The maximum Gasteiger partial charge on any atom is 0.251 e. The molecule has 20 heavy (non-hydrogen) atoms. The summed E-state index contributed by atoms with van der Waals surface area (Å²) in [7, 11) is 0. The minimum Gasteiger partial charge on any atom is -0.467 e. The second kappa shape index (κ2) is 7.51. The third-order valence-electron chi connectivity index (χ3n) is 3.32. The van der Waals surface area contributed by atoms with E-state index in [1.807, 2.05) is 0 Å². The average Bonchev–Trinajstić information content (AvgIpc) is 2.85. The lowest BCUT2D eigenvalue weighted by molar-refractivity contribution is 0.0999. The van der Waals surface area contributed by atoms with Crippen molar-refractivity contribution < 1.29 is 9.21 Å². The number of carbonyl (C=O) groups excluding carboxylic acids is 1. The van der Waals surface area contributed by atoms with Crippen LogP contribution in [0.25, 0.3) is 0 Å². The molecule has 6 nitrogen and oxygen atoms in total. The van der Waals surface area contributed by atoms with Gasteiger partial charge in [-0.1, -0.05) is 6.92 Å². The van der Waals surface area contributed by atoms with Gasteiger partial charge in [0.05, 0.1) is 5.56 Å². The lowest BCUT2D eigenvalue weighted by atomic mass is 10.0. The van der Waals surface area contributed by atoms with E-state index >= 15 is 0 Å². The molecule has 1 aliphatic rings. The summed E-state index contributed by atoms with van der Waals surface area (Å²) in [6.45, 7) is 4.43. The molecule has 1 aliphatic heterocycles. The van der Waals surface area contributed by atoms with Gasteiger partial charge in [-0.2, -0.15) is 0 Å². The molecule has 1 atom stereocenters. The molecule has 1 amide bonds. The van der Waals surface area contributed by atoms with Crippen molar-refractivity contribution >= 4 is 35.8 Å². The number of primary amides is 1. The number of carbonyl (C=O) groups is 1. The topological polar surface area (TPSA) is 97.9 Å².